The fourth-order valence-corrected chi connectivity index (χ4v) is 4.66. The Morgan fingerprint density at radius 3 is 2.05 bits per heavy atom. The van der Waals surface area contributed by atoms with Crippen LogP contribution >= 0.6 is 0 Å². The lowest BCUT2D eigenvalue weighted by Crippen LogP contribution is -2.46. The van der Waals surface area contributed by atoms with Gasteiger partial charge in [0.2, 0.25) is 0 Å². The number of hydrogen-bond acceptors (Lipinski definition) is 5. The average molecular weight is 313 g/mol. The zero-order valence-corrected chi connectivity index (χ0v) is 14.3. The first-order chi connectivity index (χ1) is 10.2. The van der Waals surface area contributed by atoms with Crippen LogP contribution in [0.4, 0.5) is 5.69 Å². The lowest BCUT2D eigenvalue weighted by atomic mass is 10.3. The molecule has 1 rings (SSSR count). The van der Waals surface area contributed by atoms with Gasteiger partial charge in [-0.3, -0.25) is 0 Å². The molecule has 0 saturated heterocycles. The number of nitrogens with two attached hydrogens (primary N) is 1. The molecule has 0 spiro atoms. The summed E-state index contributed by atoms with van der Waals surface area (Å²) in [4.78, 5) is 0. The highest BCUT2D eigenvalue weighted by atomic mass is 28.4. The first-order valence-corrected chi connectivity index (χ1v) is 9.49. The predicted octanol–water partition coefficient (Wildman–Crippen LogP) is 3.09. The minimum Gasteiger partial charge on any atom is -0.491 e. The standard InChI is InChI=1S/C15H27NO4Si/c1-4-18-21(19-5-2,20-6-3)13-9-12-17-15-11-8-7-10-14(15)16/h7-8,10-11H,4-6,9,12-13,16H2,1-3H3. The largest absolute Gasteiger partial charge is 0.501 e. The van der Waals surface area contributed by atoms with Gasteiger partial charge in [-0.25, -0.2) is 0 Å². The van der Waals surface area contributed by atoms with E-state index in [0.29, 0.717) is 37.9 Å². The highest BCUT2D eigenvalue weighted by Crippen LogP contribution is 2.22. The van der Waals surface area contributed by atoms with Crippen molar-refractivity contribution in [3.8, 4) is 5.75 Å². The maximum atomic E-state index is 5.84. The van der Waals surface area contributed by atoms with Crippen LogP contribution in [0.3, 0.4) is 0 Å². The fourth-order valence-electron chi connectivity index (χ4n) is 2.08. The van der Waals surface area contributed by atoms with Crippen LogP contribution in [-0.2, 0) is 13.3 Å². The van der Waals surface area contributed by atoms with Crippen molar-refractivity contribution in [3.05, 3.63) is 24.3 Å². The number of nitrogen functional groups attached to an aromatic ring is 1. The van der Waals surface area contributed by atoms with Crippen molar-refractivity contribution in [3.63, 3.8) is 0 Å². The summed E-state index contributed by atoms with van der Waals surface area (Å²) in [5.74, 6) is 0.717. The van der Waals surface area contributed by atoms with Crippen LogP contribution in [0.15, 0.2) is 24.3 Å². The molecular weight excluding hydrogens is 286 g/mol. The van der Waals surface area contributed by atoms with E-state index in [0.717, 1.165) is 12.5 Å². The second-order valence-electron chi connectivity index (χ2n) is 4.47. The average Bonchev–Trinajstić information content (AvgIpc) is 2.46. The molecule has 5 nitrogen and oxygen atoms in total. The summed E-state index contributed by atoms with van der Waals surface area (Å²) in [7, 11) is -2.56. The Morgan fingerprint density at radius 1 is 0.952 bits per heavy atom. The van der Waals surface area contributed by atoms with Gasteiger partial charge in [0.15, 0.2) is 0 Å². The third-order valence-corrected chi connectivity index (χ3v) is 6.05. The van der Waals surface area contributed by atoms with E-state index in [-0.39, 0.29) is 0 Å². The van der Waals surface area contributed by atoms with Crippen LogP contribution in [0.1, 0.15) is 27.2 Å². The molecule has 0 atom stereocenters. The van der Waals surface area contributed by atoms with E-state index in [1.54, 1.807) is 0 Å². The molecule has 0 aromatic heterocycles. The molecule has 0 aliphatic carbocycles. The zero-order chi connectivity index (χ0) is 15.6. The van der Waals surface area contributed by atoms with Crippen LogP contribution < -0.4 is 10.5 Å². The smallest absolute Gasteiger partial charge is 0.491 e. The third-order valence-electron chi connectivity index (χ3n) is 2.90. The van der Waals surface area contributed by atoms with Gasteiger partial charge in [-0.2, -0.15) is 0 Å². The van der Waals surface area contributed by atoms with Crippen molar-refractivity contribution in [1.29, 1.82) is 0 Å². The molecule has 0 bridgehead atoms. The quantitative estimate of drug-likeness (QED) is 0.386. The Kier molecular flexibility index (Phi) is 8.37. The fraction of sp³-hybridized carbons (Fsp3) is 0.600. The van der Waals surface area contributed by atoms with Gasteiger partial charge in [0.05, 0.1) is 12.3 Å². The normalized spacial score (nSPS) is 11.6. The summed E-state index contributed by atoms with van der Waals surface area (Å²) in [6.45, 7) is 8.23. The first kappa shape index (κ1) is 18.0. The molecule has 2 N–H and O–H groups in total. The van der Waals surface area contributed by atoms with Gasteiger partial charge in [-0.05, 0) is 39.3 Å². The zero-order valence-electron chi connectivity index (χ0n) is 13.3. The van der Waals surface area contributed by atoms with Crippen LogP contribution in [-0.4, -0.2) is 35.2 Å². The van der Waals surface area contributed by atoms with E-state index in [1.807, 2.05) is 45.0 Å². The second-order valence-corrected chi connectivity index (χ2v) is 7.20. The third kappa shape index (κ3) is 6.05. The monoisotopic (exact) mass is 313 g/mol. The molecule has 0 fully saturated rings. The van der Waals surface area contributed by atoms with Gasteiger partial charge in [-0.1, -0.05) is 12.1 Å². The molecule has 21 heavy (non-hydrogen) atoms. The molecule has 1 aromatic carbocycles. The Bertz CT molecular complexity index is 386. The molecule has 0 saturated carbocycles. The molecule has 0 unspecified atom stereocenters. The van der Waals surface area contributed by atoms with E-state index in [4.69, 9.17) is 23.7 Å². The molecular formula is C15H27NO4Si. The van der Waals surface area contributed by atoms with Gasteiger partial charge >= 0.3 is 8.80 Å². The van der Waals surface area contributed by atoms with E-state index < -0.39 is 8.80 Å². The number of ether oxygens (including phenoxy) is 1. The van der Waals surface area contributed by atoms with E-state index in [2.05, 4.69) is 0 Å². The molecule has 0 radical (unpaired) electrons. The van der Waals surface area contributed by atoms with Gasteiger partial charge in [-0.15, -0.1) is 0 Å². The van der Waals surface area contributed by atoms with Crippen molar-refractivity contribution in [2.75, 3.05) is 32.2 Å². The number of hydrogen-bond donors (Lipinski definition) is 1. The highest BCUT2D eigenvalue weighted by Gasteiger charge is 2.39. The summed E-state index contributed by atoms with van der Waals surface area (Å²) in [5, 5.41) is 0. The molecule has 0 aliphatic heterocycles. The van der Waals surface area contributed by atoms with Crippen molar-refractivity contribution in [2.45, 2.75) is 33.2 Å². The summed E-state index contributed by atoms with van der Waals surface area (Å²) < 4.78 is 23.1. The molecule has 1 aromatic rings. The second kappa shape index (κ2) is 9.78. The molecule has 6 heteroatoms. The Morgan fingerprint density at radius 2 is 1.52 bits per heavy atom. The Hall–Kier alpha value is -1.08. The number of anilines is 1. The van der Waals surface area contributed by atoms with Gasteiger partial charge < -0.3 is 23.7 Å². The maximum absolute atomic E-state index is 5.84. The van der Waals surface area contributed by atoms with Crippen molar-refractivity contribution < 1.29 is 18.0 Å². The Balaban J connectivity index is 2.47. The number of rotatable bonds is 11. The minimum atomic E-state index is -2.56. The molecule has 0 aliphatic rings. The van der Waals surface area contributed by atoms with Crippen LogP contribution in [0, 0.1) is 0 Å². The number of benzene rings is 1. The van der Waals surface area contributed by atoms with Gasteiger partial charge in [0, 0.05) is 25.9 Å². The summed E-state index contributed by atoms with van der Waals surface area (Å²) in [5.41, 5.74) is 6.49. The molecule has 120 valence electrons. The lowest BCUT2D eigenvalue weighted by Gasteiger charge is -2.28. The first-order valence-electron chi connectivity index (χ1n) is 7.56. The van der Waals surface area contributed by atoms with Crippen molar-refractivity contribution >= 4 is 14.5 Å². The van der Waals surface area contributed by atoms with E-state index >= 15 is 0 Å². The predicted molar refractivity (Wildman–Crippen MR) is 86.4 cm³/mol. The topological polar surface area (TPSA) is 62.9 Å². The molecule has 0 amide bonds. The highest BCUT2D eigenvalue weighted by molar-refractivity contribution is 6.60. The number of para-hydroxylation sites is 2. The van der Waals surface area contributed by atoms with Crippen LogP contribution in [0.5, 0.6) is 5.75 Å². The van der Waals surface area contributed by atoms with E-state index in [1.165, 1.54) is 0 Å². The van der Waals surface area contributed by atoms with Crippen molar-refractivity contribution in [1.82, 2.24) is 0 Å². The minimum absolute atomic E-state index is 0.566. The maximum Gasteiger partial charge on any atom is 0.501 e. The van der Waals surface area contributed by atoms with Gasteiger partial charge in [0.25, 0.3) is 0 Å². The van der Waals surface area contributed by atoms with E-state index in [9.17, 15) is 0 Å². The summed E-state index contributed by atoms with van der Waals surface area (Å²) in [6.07, 6.45) is 0.806. The summed E-state index contributed by atoms with van der Waals surface area (Å²) in [6, 6.07) is 8.24. The SMILES string of the molecule is CCO[Si](CCCOc1ccccc1N)(OCC)OCC. The Labute approximate surface area is 128 Å². The lowest BCUT2D eigenvalue weighted by molar-refractivity contribution is 0.0697. The summed E-state index contributed by atoms with van der Waals surface area (Å²) >= 11 is 0. The van der Waals surface area contributed by atoms with Crippen LogP contribution in [0.2, 0.25) is 6.04 Å². The van der Waals surface area contributed by atoms with Crippen LogP contribution in [0.25, 0.3) is 0 Å². The molecule has 0 heterocycles. The van der Waals surface area contributed by atoms with Crippen molar-refractivity contribution in [2.24, 2.45) is 0 Å². The van der Waals surface area contributed by atoms with Gasteiger partial charge in [0.1, 0.15) is 5.75 Å².